The zero-order chi connectivity index (χ0) is 25.8. The summed E-state index contributed by atoms with van der Waals surface area (Å²) in [5.41, 5.74) is 4.20. The molecule has 186 valence electrons. The number of halogens is 3. The number of methoxy groups -OCH3 is 1. The predicted molar refractivity (Wildman–Crippen MR) is 132 cm³/mol. The Balaban J connectivity index is 1.83. The van der Waals surface area contributed by atoms with Gasteiger partial charge < -0.3 is 9.47 Å². The van der Waals surface area contributed by atoms with Crippen LogP contribution in [-0.4, -0.2) is 19.7 Å². The van der Waals surface area contributed by atoms with Crippen LogP contribution in [0.4, 0.5) is 13.2 Å². The van der Waals surface area contributed by atoms with Crippen molar-refractivity contribution in [2.24, 2.45) is 0 Å². The Morgan fingerprint density at radius 2 is 1.34 bits per heavy atom. The Kier molecular flexibility index (Phi) is 7.93. The minimum Gasteiger partial charge on any atom is -0.493 e. The molecule has 35 heavy (non-hydrogen) atoms. The second-order valence-electron chi connectivity index (χ2n) is 8.85. The van der Waals surface area contributed by atoms with E-state index in [2.05, 4.69) is 13.8 Å². The number of ether oxygens (including phenoxy) is 2. The largest absolute Gasteiger partial charge is 0.493 e. The van der Waals surface area contributed by atoms with E-state index in [1.165, 1.54) is 19.2 Å². The van der Waals surface area contributed by atoms with Crippen LogP contribution < -0.4 is 4.74 Å². The van der Waals surface area contributed by atoms with Crippen LogP contribution >= 0.6 is 0 Å². The first kappa shape index (κ1) is 26.3. The highest BCUT2D eigenvalue weighted by molar-refractivity contribution is 5.89. The van der Waals surface area contributed by atoms with Crippen molar-refractivity contribution in [3.63, 3.8) is 0 Å². The van der Waals surface area contributed by atoms with Gasteiger partial charge in [-0.1, -0.05) is 38.1 Å². The molecular weight excluding hydrogens is 453 g/mol. The lowest BCUT2D eigenvalue weighted by Gasteiger charge is -2.32. The summed E-state index contributed by atoms with van der Waals surface area (Å²) in [6.45, 7) is 8.56. The first-order chi connectivity index (χ1) is 16.5. The van der Waals surface area contributed by atoms with E-state index >= 15 is 0 Å². The lowest BCUT2D eigenvalue weighted by Crippen LogP contribution is -2.32. The normalized spacial score (nSPS) is 11.9. The van der Waals surface area contributed by atoms with E-state index < -0.39 is 11.7 Å². The fourth-order valence-corrected chi connectivity index (χ4v) is 4.53. The molecule has 0 N–H and O–H groups in total. The standard InChI is InChI=1S/C29H31F3O3/c1-6-28(7-2,23-12-10-22(11-13-23)27(33)34-5)18-35-25-16-19(3)26(20(4)17-25)21-8-14-24(15-9-21)29(30,31)32/h8-17H,6-7,18H2,1-5H3. The molecule has 3 nitrogen and oxygen atoms in total. The highest BCUT2D eigenvalue weighted by Gasteiger charge is 2.31. The van der Waals surface area contributed by atoms with Gasteiger partial charge in [0.15, 0.2) is 0 Å². The first-order valence-corrected chi connectivity index (χ1v) is 11.6. The molecule has 3 rings (SSSR count). The molecule has 0 atom stereocenters. The number of alkyl halides is 3. The van der Waals surface area contributed by atoms with Crippen molar-refractivity contribution in [2.75, 3.05) is 13.7 Å². The molecule has 0 aromatic heterocycles. The summed E-state index contributed by atoms with van der Waals surface area (Å²) in [5.74, 6) is 0.346. The summed E-state index contributed by atoms with van der Waals surface area (Å²) in [7, 11) is 1.36. The Morgan fingerprint density at radius 1 is 0.829 bits per heavy atom. The summed E-state index contributed by atoms with van der Waals surface area (Å²) >= 11 is 0. The van der Waals surface area contributed by atoms with Crippen LogP contribution in [0.5, 0.6) is 5.75 Å². The molecule has 0 radical (unpaired) electrons. The maximum atomic E-state index is 12.9. The molecule has 3 aromatic carbocycles. The van der Waals surface area contributed by atoms with Crippen LogP contribution in [0.15, 0.2) is 60.7 Å². The van der Waals surface area contributed by atoms with Crippen molar-refractivity contribution < 1.29 is 27.4 Å². The van der Waals surface area contributed by atoms with Crippen LogP contribution in [-0.2, 0) is 16.3 Å². The number of aryl methyl sites for hydroxylation is 2. The monoisotopic (exact) mass is 484 g/mol. The summed E-state index contributed by atoms with van der Waals surface area (Å²) in [4.78, 5) is 11.8. The van der Waals surface area contributed by atoms with E-state index in [4.69, 9.17) is 9.47 Å². The summed E-state index contributed by atoms with van der Waals surface area (Å²) < 4.78 is 49.9. The van der Waals surface area contributed by atoms with E-state index in [0.717, 1.165) is 52.8 Å². The molecule has 0 amide bonds. The van der Waals surface area contributed by atoms with Gasteiger partial charge in [0.25, 0.3) is 0 Å². The lowest BCUT2D eigenvalue weighted by molar-refractivity contribution is -0.137. The van der Waals surface area contributed by atoms with Gasteiger partial charge >= 0.3 is 12.1 Å². The molecule has 3 aromatic rings. The number of hydrogen-bond acceptors (Lipinski definition) is 3. The molecule has 0 aliphatic carbocycles. The van der Waals surface area contributed by atoms with Gasteiger partial charge in [0.1, 0.15) is 5.75 Å². The average Bonchev–Trinajstić information content (AvgIpc) is 2.84. The summed E-state index contributed by atoms with van der Waals surface area (Å²) in [6.07, 6.45) is -2.66. The molecule has 0 aliphatic rings. The van der Waals surface area contributed by atoms with Crippen molar-refractivity contribution in [3.05, 3.63) is 88.5 Å². The number of hydrogen-bond donors (Lipinski definition) is 0. The van der Waals surface area contributed by atoms with Crippen LogP contribution in [0.2, 0.25) is 0 Å². The second kappa shape index (κ2) is 10.5. The molecule has 0 saturated heterocycles. The minimum atomic E-state index is -4.36. The van der Waals surface area contributed by atoms with E-state index in [1.807, 2.05) is 38.1 Å². The van der Waals surface area contributed by atoms with Crippen molar-refractivity contribution in [1.82, 2.24) is 0 Å². The highest BCUT2D eigenvalue weighted by atomic mass is 19.4. The van der Waals surface area contributed by atoms with Crippen molar-refractivity contribution in [3.8, 4) is 16.9 Å². The zero-order valence-electron chi connectivity index (χ0n) is 20.8. The number of rotatable bonds is 8. The molecular formula is C29H31F3O3. The third kappa shape index (κ3) is 5.69. The van der Waals surface area contributed by atoms with Gasteiger partial charge in [0.05, 0.1) is 24.8 Å². The van der Waals surface area contributed by atoms with E-state index in [-0.39, 0.29) is 11.4 Å². The van der Waals surface area contributed by atoms with Gasteiger partial charge in [-0.2, -0.15) is 13.2 Å². The van der Waals surface area contributed by atoms with Crippen molar-refractivity contribution in [1.29, 1.82) is 0 Å². The van der Waals surface area contributed by atoms with Crippen molar-refractivity contribution >= 4 is 5.97 Å². The second-order valence-corrected chi connectivity index (χ2v) is 8.85. The molecule has 0 heterocycles. The summed E-state index contributed by atoms with van der Waals surface area (Å²) in [6, 6.07) is 16.5. The highest BCUT2D eigenvalue weighted by Crippen LogP contribution is 2.36. The van der Waals surface area contributed by atoms with Gasteiger partial charge in [0.2, 0.25) is 0 Å². The molecule has 0 bridgehead atoms. The number of carbonyl (C=O) groups is 1. The molecule has 0 unspecified atom stereocenters. The topological polar surface area (TPSA) is 35.5 Å². The predicted octanol–water partition coefficient (Wildman–Crippen LogP) is 7.91. The maximum Gasteiger partial charge on any atom is 0.416 e. The Bertz CT molecular complexity index is 1140. The van der Waals surface area contributed by atoms with Crippen LogP contribution in [0, 0.1) is 13.8 Å². The third-order valence-electron chi connectivity index (χ3n) is 6.79. The van der Waals surface area contributed by atoms with E-state index in [1.54, 1.807) is 12.1 Å². The van der Waals surface area contributed by atoms with Crippen LogP contribution in [0.3, 0.4) is 0 Å². The zero-order valence-corrected chi connectivity index (χ0v) is 20.8. The van der Waals surface area contributed by atoms with E-state index in [0.29, 0.717) is 17.9 Å². The Hall–Kier alpha value is -3.28. The van der Waals surface area contributed by atoms with Gasteiger partial charge in [-0.3, -0.25) is 0 Å². The number of esters is 1. The molecule has 0 saturated carbocycles. The number of benzene rings is 3. The minimum absolute atomic E-state index is 0.234. The van der Waals surface area contributed by atoms with Crippen LogP contribution in [0.1, 0.15) is 59.3 Å². The molecule has 0 aliphatic heterocycles. The fraction of sp³-hybridized carbons (Fsp3) is 0.345. The Morgan fingerprint density at radius 3 is 1.80 bits per heavy atom. The molecule has 0 fully saturated rings. The average molecular weight is 485 g/mol. The maximum absolute atomic E-state index is 12.9. The molecule has 0 spiro atoms. The van der Waals surface area contributed by atoms with Crippen molar-refractivity contribution in [2.45, 2.75) is 52.1 Å². The fourth-order valence-electron chi connectivity index (χ4n) is 4.53. The lowest BCUT2D eigenvalue weighted by atomic mass is 9.76. The van der Waals surface area contributed by atoms with E-state index in [9.17, 15) is 18.0 Å². The summed E-state index contributed by atoms with van der Waals surface area (Å²) in [5, 5.41) is 0. The van der Waals surface area contributed by atoms with Crippen LogP contribution in [0.25, 0.3) is 11.1 Å². The van der Waals surface area contributed by atoms with Gasteiger partial charge in [-0.25, -0.2) is 4.79 Å². The Labute approximate surface area is 204 Å². The quantitative estimate of drug-likeness (QED) is 0.305. The molecule has 6 heteroatoms. The smallest absolute Gasteiger partial charge is 0.416 e. The van der Waals surface area contributed by atoms with Gasteiger partial charge in [-0.05, 0) is 90.9 Å². The third-order valence-corrected chi connectivity index (χ3v) is 6.79. The number of carbonyl (C=O) groups excluding carboxylic acids is 1. The van der Waals surface area contributed by atoms with Gasteiger partial charge in [-0.15, -0.1) is 0 Å². The van der Waals surface area contributed by atoms with Gasteiger partial charge in [0, 0.05) is 5.41 Å². The first-order valence-electron chi connectivity index (χ1n) is 11.6. The SMILES string of the molecule is CCC(CC)(COc1cc(C)c(-c2ccc(C(F)(F)F)cc2)c(C)c1)c1ccc(C(=O)OC)cc1.